The highest BCUT2D eigenvalue weighted by Crippen LogP contribution is 2.18. The molecular formula is C11H21NO2. The maximum Gasteiger partial charge on any atom is 0.222 e. The Balaban J connectivity index is 2.32. The Morgan fingerprint density at radius 2 is 2.36 bits per heavy atom. The molecular weight excluding hydrogens is 178 g/mol. The molecule has 1 heterocycles. The highest BCUT2D eigenvalue weighted by Gasteiger charge is 2.25. The average Bonchev–Trinajstić information content (AvgIpc) is 2.65. The molecule has 1 aliphatic rings. The minimum absolute atomic E-state index is 0.215. The highest BCUT2D eigenvalue weighted by atomic mass is 16.3. The molecule has 1 saturated heterocycles. The predicted molar refractivity (Wildman–Crippen MR) is 55.8 cm³/mol. The predicted octanol–water partition coefficient (Wildman–Crippen LogP) is 1.26. The van der Waals surface area contributed by atoms with E-state index in [1.165, 1.54) is 0 Å². The lowest BCUT2D eigenvalue weighted by Crippen LogP contribution is -2.30. The number of carbonyl (C=O) groups is 1. The van der Waals surface area contributed by atoms with Crippen LogP contribution < -0.4 is 0 Å². The first-order valence-electron chi connectivity index (χ1n) is 5.56. The van der Waals surface area contributed by atoms with Crippen LogP contribution >= 0.6 is 0 Å². The van der Waals surface area contributed by atoms with E-state index in [-0.39, 0.29) is 12.5 Å². The number of hydrogen-bond acceptors (Lipinski definition) is 2. The third-order valence-corrected chi connectivity index (χ3v) is 3.12. The van der Waals surface area contributed by atoms with E-state index in [1.807, 2.05) is 4.90 Å². The molecule has 1 fully saturated rings. The zero-order valence-corrected chi connectivity index (χ0v) is 9.20. The van der Waals surface area contributed by atoms with Gasteiger partial charge in [-0.3, -0.25) is 4.79 Å². The minimum atomic E-state index is 0.215. The van der Waals surface area contributed by atoms with Gasteiger partial charge in [-0.25, -0.2) is 0 Å². The van der Waals surface area contributed by atoms with Crippen LogP contribution in [0, 0.1) is 11.8 Å². The molecule has 0 bridgehead atoms. The third kappa shape index (κ3) is 2.98. The van der Waals surface area contributed by atoms with Gasteiger partial charge in [-0.1, -0.05) is 20.3 Å². The van der Waals surface area contributed by atoms with Gasteiger partial charge in [0.25, 0.3) is 0 Å². The number of hydrogen-bond donors (Lipinski definition) is 1. The second kappa shape index (κ2) is 5.35. The lowest BCUT2D eigenvalue weighted by Gasteiger charge is -2.18. The maximum absolute atomic E-state index is 11.7. The molecule has 3 heteroatoms. The Morgan fingerprint density at radius 3 is 2.86 bits per heavy atom. The Hall–Kier alpha value is -0.570. The molecule has 1 N–H and O–H groups in total. The van der Waals surface area contributed by atoms with E-state index in [4.69, 9.17) is 5.11 Å². The van der Waals surface area contributed by atoms with E-state index in [0.717, 1.165) is 25.9 Å². The van der Waals surface area contributed by atoms with Crippen molar-refractivity contribution in [2.24, 2.45) is 11.8 Å². The standard InChI is InChI=1S/C11H21NO2/c1-3-9(2)6-11(14)12-5-4-10(7-12)8-13/h9-10,13H,3-8H2,1-2H3. The van der Waals surface area contributed by atoms with Gasteiger partial charge in [-0.2, -0.15) is 0 Å². The van der Waals surface area contributed by atoms with Crippen molar-refractivity contribution in [3.8, 4) is 0 Å². The van der Waals surface area contributed by atoms with Gasteiger partial charge in [-0.05, 0) is 12.3 Å². The number of rotatable bonds is 4. The van der Waals surface area contributed by atoms with Gasteiger partial charge >= 0.3 is 0 Å². The van der Waals surface area contributed by atoms with Crippen LogP contribution in [-0.4, -0.2) is 35.6 Å². The number of carbonyl (C=O) groups excluding carboxylic acids is 1. The first-order chi connectivity index (χ1) is 6.67. The molecule has 14 heavy (non-hydrogen) atoms. The van der Waals surface area contributed by atoms with Gasteiger partial charge in [0.05, 0.1) is 0 Å². The van der Waals surface area contributed by atoms with Crippen molar-refractivity contribution in [1.29, 1.82) is 0 Å². The summed E-state index contributed by atoms with van der Waals surface area (Å²) in [5, 5.41) is 8.96. The largest absolute Gasteiger partial charge is 0.396 e. The molecule has 0 aromatic heterocycles. The summed E-state index contributed by atoms with van der Waals surface area (Å²) < 4.78 is 0. The van der Waals surface area contributed by atoms with E-state index in [1.54, 1.807) is 0 Å². The van der Waals surface area contributed by atoms with E-state index in [2.05, 4.69) is 13.8 Å². The maximum atomic E-state index is 11.7. The summed E-state index contributed by atoms with van der Waals surface area (Å²) in [6.45, 7) is 6.02. The van der Waals surface area contributed by atoms with Crippen LogP contribution in [0.3, 0.4) is 0 Å². The summed E-state index contributed by atoms with van der Waals surface area (Å²) in [6.07, 6.45) is 2.68. The van der Waals surface area contributed by atoms with E-state index < -0.39 is 0 Å². The molecule has 82 valence electrons. The number of nitrogens with zero attached hydrogens (tertiary/aromatic N) is 1. The first-order valence-corrected chi connectivity index (χ1v) is 5.56. The number of aliphatic hydroxyl groups is 1. The van der Waals surface area contributed by atoms with Crippen molar-refractivity contribution in [2.45, 2.75) is 33.1 Å². The zero-order valence-electron chi connectivity index (χ0n) is 9.20. The van der Waals surface area contributed by atoms with Gasteiger partial charge in [0.15, 0.2) is 0 Å². The molecule has 2 unspecified atom stereocenters. The van der Waals surface area contributed by atoms with Crippen molar-refractivity contribution in [1.82, 2.24) is 4.90 Å². The second-order valence-corrected chi connectivity index (χ2v) is 4.39. The van der Waals surface area contributed by atoms with Gasteiger partial charge in [0, 0.05) is 32.0 Å². The Labute approximate surface area is 86.1 Å². The normalized spacial score (nSPS) is 23.9. The quantitative estimate of drug-likeness (QED) is 0.740. The van der Waals surface area contributed by atoms with Crippen molar-refractivity contribution in [2.75, 3.05) is 19.7 Å². The van der Waals surface area contributed by atoms with E-state index in [0.29, 0.717) is 18.3 Å². The summed E-state index contributed by atoms with van der Waals surface area (Å²) in [5.74, 6) is 1.06. The van der Waals surface area contributed by atoms with Crippen LogP contribution in [-0.2, 0) is 4.79 Å². The Kier molecular flexibility index (Phi) is 4.39. The molecule has 1 aliphatic heterocycles. The van der Waals surface area contributed by atoms with E-state index in [9.17, 15) is 4.79 Å². The van der Waals surface area contributed by atoms with Gasteiger partial charge in [-0.15, -0.1) is 0 Å². The smallest absolute Gasteiger partial charge is 0.222 e. The third-order valence-electron chi connectivity index (χ3n) is 3.12. The zero-order chi connectivity index (χ0) is 10.6. The fourth-order valence-corrected chi connectivity index (χ4v) is 1.78. The summed E-state index contributed by atoms with van der Waals surface area (Å²) in [6, 6.07) is 0. The molecule has 0 aromatic rings. The molecule has 1 amide bonds. The molecule has 2 atom stereocenters. The summed E-state index contributed by atoms with van der Waals surface area (Å²) in [4.78, 5) is 13.6. The lowest BCUT2D eigenvalue weighted by molar-refractivity contribution is -0.131. The monoisotopic (exact) mass is 199 g/mol. The van der Waals surface area contributed by atoms with Crippen molar-refractivity contribution < 1.29 is 9.90 Å². The minimum Gasteiger partial charge on any atom is -0.396 e. The number of likely N-dealkylation sites (tertiary alicyclic amines) is 1. The molecule has 0 saturated carbocycles. The molecule has 1 rings (SSSR count). The first kappa shape index (κ1) is 11.5. The number of aliphatic hydroxyl groups excluding tert-OH is 1. The second-order valence-electron chi connectivity index (χ2n) is 4.39. The Bertz CT molecular complexity index is 194. The topological polar surface area (TPSA) is 40.5 Å². The molecule has 3 nitrogen and oxygen atoms in total. The highest BCUT2D eigenvalue weighted by molar-refractivity contribution is 5.76. The van der Waals surface area contributed by atoms with Gasteiger partial charge in [0.1, 0.15) is 0 Å². The van der Waals surface area contributed by atoms with Crippen LogP contribution in [0.1, 0.15) is 33.1 Å². The van der Waals surface area contributed by atoms with Crippen LogP contribution in [0.5, 0.6) is 0 Å². The average molecular weight is 199 g/mol. The summed E-state index contributed by atoms with van der Waals surface area (Å²) in [5.41, 5.74) is 0. The van der Waals surface area contributed by atoms with E-state index >= 15 is 0 Å². The number of amides is 1. The summed E-state index contributed by atoms with van der Waals surface area (Å²) in [7, 11) is 0. The van der Waals surface area contributed by atoms with Crippen molar-refractivity contribution >= 4 is 5.91 Å². The van der Waals surface area contributed by atoms with Crippen LogP contribution in [0.25, 0.3) is 0 Å². The summed E-state index contributed by atoms with van der Waals surface area (Å²) >= 11 is 0. The van der Waals surface area contributed by atoms with Crippen molar-refractivity contribution in [3.05, 3.63) is 0 Å². The molecule has 0 aliphatic carbocycles. The molecule has 0 spiro atoms. The fourth-order valence-electron chi connectivity index (χ4n) is 1.78. The van der Waals surface area contributed by atoms with Crippen LogP contribution in [0.4, 0.5) is 0 Å². The SMILES string of the molecule is CCC(C)CC(=O)N1CCC(CO)C1. The van der Waals surface area contributed by atoms with Gasteiger partial charge < -0.3 is 10.0 Å². The Morgan fingerprint density at radius 1 is 1.64 bits per heavy atom. The fraction of sp³-hybridized carbons (Fsp3) is 0.909. The van der Waals surface area contributed by atoms with Crippen LogP contribution in [0.15, 0.2) is 0 Å². The van der Waals surface area contributed by atoms with Crippen LogP contribution in [0.2, 0.25) is 0 Å². The molecule has 0 radical (unpaired) electrons. The lowest BCUT2D eigenvalue weighted by atomic mass is 10.0. The van der Waals surface area contributed by atoms with Crippen molar-refractivity contribution in [3.63, 3.8) is 0 Å². The molecule has 0 aromatic carbocycles. The van der Waals surface area contributed by atoms with Gasteiger partial charge in [0.2, 0.25) is 5.91 Å².